The Morgan fingerprint density at radius 2 is 1.85 bits per heavy atom. The molecule has 0 amide bonds. The van der Waals surface area contributed by atoms with E-state index in [1.165, 1.54) is 6.07 Å². The SMILES string of the molecule is CNCC[C@H](Oc1cccc(F)c1C)c1ccccc1. The molecular formula is C17H20FNO. The van der Waals surface area contributed by atoms with Crippen LogP contribution < -0.4 is 10.1 Å². The van der Waals surface area contributed by atoms with Gasteiger partial charge < -0.3 is 10.1 Å². The standard InChI is InChI=1S/C17H20FNO/c1-13-15(18)9-6-10-16(13)20-17(11-12-19-2)14-7-4-3-5-8-14/h3-10,17,19H,11-12H2,1-2H3/t17-/m0/s1. The first-order valence-electron chi connectivity index (χ1n) is 6.83. The molecule has 0 aliphatic carbocycles. The number of rotatable bonds is 6. The van der Waals surface area contributed by atoms with E-state index >= 15 is 0 Å². The summed E-state index contributed by atoms with van der Waals surface area (Å²) in [5, 5.41) is 3.13. The van der Waals surface area contributed by atoms with Crippen LogP contribution in [0.4, 0.5) is 4.39 Å². The number of ether oxygens (including phenoxy) is 1. The van der Waals surface area contributed by atoms with Crippen LogP contribution in [-0.2, 0) is 0 Å². The van der Waals surface area contributed by atoms with Crippen LogP contribution in [0.15, 0.2) is 48.5 Å². The molecule has 1 atom stereocenters. The molecular weight excluding hydrogens is 253 g/mol. The highest BCUT2D eigenvalue weighted by Gasteiger charge is 2.15. The Balaban J connectivity index is 2.21. The molecule has 0 saturated heterocycles. The molecule has 2 aromatic carbocycles. The van der Waals surface area contributed by atoms with Crippen molar-refractivity contribution in [1.82, 2.24) is 5.32 Å². The highest BCUT2D eigenvalue weighted by molar-refractivity contribution is 5.34. The highest BCUT2D eigenvalue weighted by Crippen LogP contribution is 2.28. The van der Waals surface area contributed by atoms with Crippen molar-refractivity contribution in [1.29, 1.82) is 0 Å². The van der Waals surface area contributed by atoms with Gasteiger partial charge >= 0.3 is 0 Å². The molecule has 2 rings (SSSR count). The Kier molecular flexibility index (Phi) is 5.13. The van der Waals surface area contributed by atoms with Crippen LogP contribution in [0.1, 0.15) is 23.7 Å². The molecule has 2 nitrogen and oxygen atoms in total. The third-order valence-corrected chi connectivity index (χ3v) is 3.32. The largest absolute Gasteiger partial charge is 0.485 e. The van der Waals surface area contributed by atoms with Crippen LogP contribution >= 0.6 is 0 Å². The van der Waals surface area contributed by atoms with Crippen molar-refractivity contribution in [3.63, 3.8) is 0 Å². The molecule has 20 heavy (non-hydrogen) atoms. The van der Waals surface area contributed by atoms with E-state index in [2.05, 4.69) is 5.32 Å². The van der Waals surface area contributed by atoms with Gasteiger partial charge in [0.15, 0.2) is 0 Å². The summed E-state index contributed by atoms with van der Waals surface area (Å²) in [5.41, 5.74) is 1.66. The van der Waals surface area contributed by atoms with Gasteiger partial charge in [-0.3, -0.25) is 0 Å². The molecule has 0 fully saturated rings. The predicted octanol–water partition coefficient (Wildman–Crippen LogP) is 3.86. The molecule has 0 unspecified atom stereocenters. The molecule has 3 heteroatoms. The second-order valence-electron chi connectivity index (χ2n) is 4.77. The lowest BCUT2D eigenvalue weighted by Gasteiger charge is -2.21. The number of benzene rings is 2. The summed E-state index contributed by atoms with van der Waals surface area (Å²) in [5.74, 6) is 0.373. The van der Waals surface area contributed by atoms with E-state index in [0.717, 1.165) is 18.5 Å². The molecule has 0 aromatic heterocycles. The van der Waals surface area contributed by atoms with Gasteiger partial charge in [0, 0.05) is 12.0 Å². The summed E-state index contributed by atoms with van der Waals surface area (Å²) in [7, 11) is 1.91. The molecule has 0 saturated carbocycles. The van der Waals surface area contributed by atoms with Crippen LogP contribution in [-0.4, -0.2) is 13.6 Å². The number of halogens is 1. The van der Waals surface area contributed by atoms with Crippen molar-refractivity contribution in [3.05, 3.63) is 65.5 Å². The number of hydrogen-bond acceptors (Lipinski definition) is 2. The average molecular weight is 273 g/mol. The molecule has 0 spiro atoms. The van der Waals surface area contributed by atoms with E-state index in [9.17, 15) is 4.39 Å². The Labute approximate surface area is 119 Å². The van der Waals surface area contributed by atoms with Crippen molar-refractivity contribution in [2.24, 2.45) is 0 Å². The summed E-state index contributed by atoms with van der Waals surface area (Å²) in [6.07, 6.45) is 0.750. The van der Waals surface area contributed by atoms with E-state index in [0.29, 0.717) is 11.3 Å². The van der Waals surface area contributed by atoms with Crippen LogP contribution in [0.3, 0.4) is 0 Å². The maximum Gasteiger partial charge on any atom is 0.129 e. The smallest absolute Gasteiger partial charge is 0.129 e. The van der Waals surface area contributed by atoms with Gasteiger partial charge in [0.2, 0.25) is 0 Å². The molecule has 0 aliphatic rings. The van der Waals surface area contributed by atoms with Crippen LogP contribution in [0.25, 0.3) is 0 Å². The van der Waals surface area contributed by atoms with Gasteiger partial charge in [0.25, 0.3) is 0 Å². The second-order valence-corrected chi connectivity index (χ2v) is 4.77. The average Bonchev–Trinajstić information content (AvgIpc) is 2.48. The lowest BCUT2D eigenvalue weighted by Crippen LogP contribution is -2.16. The Bertz CT molecular complexity index is 542. The van der Waals surface area contributed by atoms with E-state index in [1.54, 1.807) is 13.0 Å². The van der Waals surface area contributed by atoms with Crippen molar-refractivity contribution < 1.29 is 9.13 Å². The lowest BCUT2D eigenvalue weighted by molar-refractivity contribution is 0.192. The second kappa shape index (κ2) is 7.06. The maximum absolute atomic E-state index is 13.6. The monoisotopic (exact) mass is 273 g/mol. The van der Waals surface area contributed by atoms with Crippen LogP contribution in [0, 0.1) is 12.7 Å². The van der Waals surface area contributed by atoms with Crippen LogP contribution in [0.2, 0.25) is 0 Å². The molecule has 0 radical (unpaired) electrons. The normalized spacial score (nSPS) is 12.2. The Morgan fingerprint density at radius 3 is 2.55 bits per heavy atom. The summed E-state index contributed by atoms with van der Waals surface area (Å²) in [6.45, 7) is 2.58. The first kappa shape index (κ1) is 14.5. The van der Waals surface area contributed by atoms with E-state index < -0.39 is 0 Å². The summed E-state index contributed by atoms with van der Waals surface area (Å²) in [4.78, 5) is 0. The molecule has 0 bridgehead atoms. The zero-order valence-corrected chi connectivity index (χ0v) is 11.9. The first-order valence-corrected chi connectivity index (χ1v) is 6.83. The third-order valence-electron chi connectivity index (χ3n) is 3.32. The van der Waals surface area contributed by atoms with Crippen molar-refractivity contribution in [2.45, 2.75) is 19.4 Å². The van der Waals surface area contributed by atoms with Crippen molar-refractivity contribution in [3.8, 4) is 5.75 Å². The number of hydrogen-bond donors (Lipinski definition) is 1. The topological polar surface area (TPSA) is 21.3 Å². The Hall–Kier alpha value is -1.87. The summed E-state index contributed by atoms with van der Waals surface area (Å²) >= 11 is 0. The molecule has 106 valence electrons. The zero-order valence-electron chi connectivity index (χ0n) is 11.9. The molecule has 0 heterocycles. The minimum Gasteiger partial charge on any atom is -0.485 e. The van der Waals surface area contributed by atoms with E-state index in [4.69, 9.17) is 4.74 Å². The van der Waals surface area contributed by atoms with Crippen molar-refractivity contribution >= 4 is 0 Å². The first-order chi connectivity index (χ1) is 9.72. The van der Waals surface area contributed by atoms with Gasteiger partial charge in [-0.2, -0.15) is 0 Å². The fraction of sp³-hybridized carbons (Fsp3) is 0.294. The third kappa shape index (κ3) is 3.58. The van der Waals surface area contributed by atoms with Gasteiger partial charge in [-0.1, -0.05) is 36.4 Å². The van der Waals surface area contributed by atoms with Gasteiger partial charge in [-0.05, 0) is 38.2 Å². The van der Waals surface area contributed by atoms with E-state index in [1.807, 2.05) is 43.4 Å². The quantitative estimate of drug-likeness (QED) is 0.862. The zero-order chi connectivity index (χ0) is 14.4. The maximum atomic E-state index is 13.6. The van der Waals surface area contributed by atoms with Gasteiger partial charge in [0.1, 0.15) is 17.7 Å². The minimum atomic E-state index is -0.233. The molecule has 0 aliphatic heterocycles. The fourth-order valence-corrected chi connectivity index (χ4v) is 2.11. The predicted molar refractivity (Wildman–Crippen MR) is 79.5 cm³/mol. The molecule has 1 N–H and O–H groups in total. The van der Waals surface area contributed by atoms with Gasteiger partial charge in [0.05, 0.1) is 0 Å². The van der Waals surface area contributed by atoms with E-state index in [-0.39, 0.29) is 11.9 Å². The Morgan fingerprint density at radius 1 is 1.10 bits per heavy atom. The molecule has 2 aromatic rings. The summed E-state index contributed by atoms with van der Waals surface area (Å²) < 4.78 is 19.6. The minimum absolute atomic E-state index is 0.0795. The highest BCUT2D eigenvalue weighted by atomic mass is 19.1. The fourth-order valence-electron chi connectivity index (χ4n) is 2.11. The van der Waals surface area contributed by atoms with Gasteiger partial charge in [-0.15, -0.1) is 0 Å². The lowest BCUT2D eigenvalue weighted by atomic mass is 10.1. The summed E-state index contributed by atoms with van der Waals surface area (Å²) in [6, 6.07) is 15.0. The number of nitrogens with one attached hydrogen (secondary N) is 1. The van der Waals surface area contributed by atoms with Gasteiger partial charge in [-0.25, -0.2) is 4.39 Å². The van der Waals surface area contributed by atoms with Crippen LogP contribution in [0.5, 0.6) is 5.75 Å². The van der Waals surface area contributed by atoms with Crippen molar-refractivity contribution in [2.75, 3.05) is 13.6 Å².